The molecule has 0 radical (unpaired) electrons. The van der Waals surface area contributed by atoms with Crippen LogP contribution < -0.4 is 5.73 Å². The smallest absolute Gasteiger partial charge is 0.351 e. The molecular weight excluding hydrogens is 315 g/mol. The Bertz CT molecular complexity index is 897. The molecule has 2 aromatic heterocycles. The van der Waals surface area contributed by atoms with Crippen LogP contribution in [-0.2, 0) is 6.54 Å². The minimum atomic E-state index is -0.684. The summed E-state index contributed by atoms with van der Waals surface area (Å²) >= 11 is 5.03. The van der Waals surface area contributed by atoms with Gasteiger partial charge in [0.05, 0.1) is 23.9 Å². The number of non-ortho nitro benzene ring substituents is 1. The van der Waals surface area contributed by atoms with Gasteiger partial charge in [-0.15, -0.1) is 0 Å². The molecule has 8 nitrogen and oxygen atoms in total. The van der Waals surface area contributed by atoms with Crippen LogP contribution in [0.4, 0.5) is 16.0 Å². The van der Waals surface area contributed by atoms with Gasteiger partial charge in [-0.3, -0.25) is 10.1 Å². The average molecular weight is 324 g/mol. The number of hydrogen-bond acceptors (Lipinski definition) is 6. The Kier molecular flexibility index (Phi) is 3.33. The van der Waals surface area contributed by atoms with E-state index in [2.05, 4.69) is 15.0 Å². The highest BCUT2D eigenvalue weighted by atomic mass is 35.5. The predicted octanol–water partition coefficient (Wildman–Crippen LogP) is 1.20. The molecule has 22 heavy (non-hydrogen) atoms. The number of hydrogen-bond donors (Lipinski definition) is 1. The van der Waals surface area contributed by atoms with E-state index in [0.717, 1.165) is 6.07 Å². The van der Waals surface area contributed by atoms with Gasteiger partial charge < -0.3 is 10.3 Å². The van der Waals surface area contributed by atoms with Crippen LogP contribution >= 0.6 is 0 Å². The fraction of sp³-hybridized carbons (Fsp3) is 0.0833. The zero-order valence-electron chi connectivity index (χ0n) is 10.9. The van der Waals surface area contributed by atoms with Gasteiger partial charge in [0.25, 0.3) is 5.69 Å². The molecule has 0 spiro atoms. The molecule has 1 aromatic carbocycles. The highest BCUT2D eigenvalue weighted by molar-refractivity contribution is 5.73. The van der Waals surface area contributed by atoms with Gasteiger partial charge in [-0.25, -0.2) is 9.37 Å². The molecule has 0 aliphatic carbocycles. The van der Waals surface area contributed by atoms with Gasteiger partial charge in [0.2, 0.25) is 5.95 Å². The van der Waals surface area contributed by atoms with Crippen LogP contribution in [0.5, 0.6) is 0 Å². The van der Waals surface area contributed by atoms with Crippen molar-refractivity contribution in [3.8, 4) is 0 Å². The summed E-state index contributed by atoms with van der Waals surface area (Å²) in [7, 11) is 0. The number of nitrogen functional groups attached to an aromatic ring is 1. The van der Waals surface area contributed by atoms with Crippen molar-refractivity contribution in [1.82, 2.24) is 19.5 Å². The van der Waals surface area contributed by atoms with Gasteiger partial charge in [-0.2, -0.15) is 9.97 Å². The summed E-state index contributed by atoms with van der Waals surface area (Å²) in [6.07, 6.45) is 1.44. The zero-order chi connectivity index (χ0) is 15.9. The van der Waals surface area contributed by atoms with Crippen LogP contribution in [-0.4, -0.2) is 24.4 Å². The molecule has 0 fully saturated rings. The Hall–Kier alpha value is -2.81. The standard InChI is InChI=1S/C12H9ClFN6O2/c13-10-9-11(18-12(15)17-10)19(5-16-9)4-6-1-2-7(20(21)22)3-8(6)14/h1-3,5,13H,4H2,(H2,15,17,18)/q+1. The van der Waals surface area contributed by atoms with Gasteiger partial charge in [-0.1, -0.05) is 0 Å². The van der Waals surface area contributed by atoms with Gasteiger partial charge in [-0.05, 0) is 6.07 Å². The number of nitrogens with zero attached hydrogens (tertiary/aromatic N) is 5. The van der Waals surface area contributed by atoms with Crippen molar-refractivity contribution in [2.75, 3.05) is 5.73 Å². The molecule has 10 heteroatoms. The van der Waals surface area contributed by atoms with E-state index in [0.29, 0.717) is 11.2 Å². The van der Waals surface area contributed by atoms with E-state index in [1.165, 1.54) is 18.5 Å². The number of fused-ring (bicyclic) bond motifs is 1. The number of nitro groups is 1. The van der Waals surface area contributed by atoms with Crippen molar-refractivity contribution in [2.24, 2.45) is 0 Å². The average Bonchev–Trinajstić information content (AvgIpc) is 2.84. The molecule has 0 aliphatic heterocycles. The minimum Gasteiger partial charge on any atom is -0.368 e. The van der Waals surface area contributed by atoms with E-state index in [9.17, 15) is 14.5 Å². The molecule has 0 aliphatic rings. The van der Waals surface area contributed by atoms with Crippen molar-refractivity contribution in [2.45, 2.75) is 6.54 Å². The second-order valence-corrected chi connectivity index (χ2v) is 4.85. The van der Waals surface area contributed by atoms with Crippen LogP contribution in [0.15, 0.2) is 24.5 Å². The number of halogens is 2. The fourth-order valence-electron chi connectivity index (χ4n) is 2.01. The number of nitro benzene ring substituents is 1. The van der Waals surface area contributed by atoms with E-state index in [1.54, 1.807) is 4.57 Å². The highest BCUT2D eigenvalue weighted by Crippen LogP contribution is 2.20. The first kappa shape index (κ1) is 14.1. The molecule has 2 heterocycles. The molecule has 0 amide bonds. The Balaban J connectivity index is 2.02. The molecule has 3 aromatic rings. The lowest BCUT2D eigenvalue weighted by molar-refractivity contribution is -0.385. The zero-order valence-corrected chi connectivity index (χ0v) is 11.7. The van der Waals surface area contributed by atoms with Crippen molar-refractivity contribution >= 4 is 22.8 Å². The van der Waals surface area contributed by atoms with Crippen LogP contribution in [0.2, 0.25) is 5.15 Å². The van der Waals surface area contributed by atoms with E-state index < -0.39 is 10.7 Å². The molecule has 0 saturated heterocycles. The summed E-state index contributed by atoms with van der Waals surface area (Å²) in [5.41, 5.74) is 6.28. The maximum atomic E-state index is 13.9. The number of imidazole rings is 1. The number of rotatable bonds is 3. The van der Waals surface area contributed by atoms with E-state index in [4.69, 9.17) is 17.3 Å². The second-order valence-electron chi connectivity index (χ2n) is 4.46. The monoisotopic (exact) mass is 323 g/mol. The van der Waals surface area contributed by atoms with Gasteiger partial charge in [0, 0.05) is 11.6 Å². The Labute approximate surface area is 127 Å². The van der Waals surface area contributed by atoms with Crippen molar-refractivity contribution in [3.63, 3.8) is 0 Å². The third kappa shape index (κ3) is 2.42. The van der Waals surface area contributed by atoms with Gasteiger partial charge in [0.15, 0.2) is 22.8 Å². The molecule has 0 unspecified atom stereocenters. The van der Waals surface area contributed by atoms with Crippen molar-refractivity contribution < 1.29 is 20.9 Å². The SMILES string of the molecule is Nc1nc([ClH+])c2ncn(Cc3ccc([N+](=O)[O-])cc3F)c2n1. The van der Waals surface area contributed by atoms with E-state index in [1.807, 2.05) is 0 Å². The summed E-state index contributed by atoms with van der Waals surface area (Å²) < 4.78 is 15.5. The minimum absolute atomic E-state index is 0.00317. The van der Waals surface area contributed by atoms with Crippen LogP contribution in [0.3, 0.4) is 0 Å². The van der Waals surface area contributed by atoms with Crippen LogP contribution in [0.1, 0.15) is 5.56 Å². The maximum Gasteiger partial charge on any atom is 0.351 e. The van der Waals surface area contributed by atoms with Crippen LogP contribution in [0, 0.1) is 27.5 Å². The number of aromatic nitrogens is 4. The van der Waals surface area contributed by atoms with Gasteiger partial charge >= 0.3 is 5.15 Å². The Morgan fingerprint density at radius 2 is 2.18 bits per heavy atom. The lowest BCUT2D eigenvalue weighted by atomic mass is 10.2. The van der Waals surface area contributed by atoms with Gasteiger partial charge in [0.1, 0.15) is 5.82 Å². The topological polar surface area (TPSA) is 113 Å². The summed E-state index contributed by atoms with van der Waals surface area (Å²) in [5.74, 6) is -0.680. The molecule has 112 valence electrons. The second kappa shape index (κ2) is 5.19. The predicted molar refractivity (Wildman–Crippen MR) is 72.4 cm³/mol. The van der Waals surface area contributed by atoms with Crippen molar-refractivity contribution in [1.29, 1.82) is 0 Å². The summed E-state index contributed by atoms with van der Waals surface area (Å²) in [6, 6.07) is 3.45. The maximum absolute atomic E-state index is 13.9. The van der Waals surface area contributed by atoms with Crippen molar-refractivity contribution in [3.05, 3.63) is 51.2 Å². The Morgan fingerprint density at radius 1 is 1.41 bits per heavy atom. The molecule has 0 atom stereocenters. The quantitative estimate of drug-likeness (QED) is 0.440. The third-order valence-electron chi connectivity index (χ3n) is 3.04. The fourth-order valence-corrected chi connectivity index (χ4v) is 2.25. The largest absolute Gasteiger partial charge is 0.368 e. The molecule has 2 N–H and O–H groups in total. The molecule has 3 rings (SSSR count). The number of benzene rings is 1. The summed E-state index contributed by atoms with van der Waals surface area (Å²) in [6.45, 7) is 0.0888. The summed E-state index contributed by atoms with van der Waals surface area (Å²) in [4.78, 5) is 21.9. The molecular formula is C12H9ClFN6O2+. The third-order valence-corrected chi connectivity index (χ3v) is 3.32. The number of anilines is 1. The Morgan fingerprint density at radius 3 is 2.86 bits per heavy atom. The lowest BCUT2D eigenvalue weighted by Crippen LogP contribution is -2.04. The first-order chi connectivity index (χ1) is 10.5. The first-order valence-corrected chi connectivity index (χ1v) is 6.44. The normalized spacial score (nSPS) is 11.0. The molecule has 0 saturated carbocycles. The van der Waals surface area contributed by atoms with E-state index in [-0.39, 0.29) is 28.9 Å². The van der Waals surface area contributed by atoms with E-state index >= 15 is 0 Å². The first-order valence-electron chi connectivity index (χ1n) is 6.04. The molecule has 0 bridgehead atoms. The lowest BCUT2D eigenvalue weighted by Gasteiger charge is -2.05. The van der Waals surface area contributed by atoms with Crippen LogP contribution in [0.25, 0.3) is 11.2 Å². The summed E-state index contributed by atoms with van der Waals surface area (Å²) in [5, 5.41) is 10.8. The number of nitrogens with two attached hydrogens (primary N) is 1. The highest BCUT2D eigenvalue weighted by Gasteiger charge is 2.17.